The SMILES string of the molecule is C=CC(=O)OCC(F)(F)OC(F)(F)C(F)(F)OC(F)(F)C(F)(F)C(F)(F)C(F)(F)C(F)(F)F. The Morgan fingerprint density at radius 3 is 1.36 bits per heavy atom. The number of carbonyl (C=O) groups excluding carboxylic acids is 1. The fourth-order valence-corrected chi connectivity index (χ4v) is 1.33. The highest BCUT2D eigenvalue weighted by Gasteiger charge is 2.89. The van der Waals surface area contributed by atoms with Crippen molar-refractivity contribution in [1.29, 1.82) is 0 Å². The first-order chi connectivity index (χ1) is 14.1. The third-order valence-electron chi connectivity index (χ3n) is 2.93. The molecule has 0 N–H and O–H groups in total. The first kappa shape index (κ1) is 30.9. The van der Waals surface area contributed by atoms with Gasteiger partial charge in [-0.15, -0.1) is 0 Å². The Labute approximate surface area is 168 Å². The van der Waals surface area contributed by atoms with Crippen LogP contribution in [0.3, 0.4) is 0 Å². The summed E-state index contributed by atoms with van der Waals surface area (Å²) in [6.45, 7) is -0.0858. The predicted octanol–water partition coefficient (Wildman–Crippen LogP) is 5.59. The van der Waals surface area contributed by atoms with E-state index in [0.717, 1.165) is 0 Å². The van der Waals surface area contributed by atoms with Crippen LogP contribution in [0.4, 0.5) is 74.6 Å². The van der Waals surface area contributed by atoms with Crippen LogP contribution in [0.1, 0.15) is 0 Å². The Bertz CT molecular complexity index is 726. The van der Waals surface area contributed by atoms with Crippen LogP contribution in [-0.4, -0.2) is 61.0 Å². The van der Waals surface area contributed by atoms with Gasteiger partial charge < -0.3 is 4.74 Å². The molecule has 0 spiro atoms. The van der Waals surface area contributed by atoms with E-state index in [0.29, 0.717) is 0 Å². The van der Waals surface area contributed by atoms with Crippen molar-refractivity contribution in [3.8, 4) is 0 Å². The Hall–Kier alpha value is -2.06. The third kappa shape index (κ3) is 5.90. The lowest BCUT2D eigenvalue weighted by Crippen LogP contribution is -2.68. The van der Waals surface area contributed by atoms with Gasteiger partial charge in [0.1, 0.15) is 0 Å². The van der Waals surface area contributed by atoms with E-state index in [9.17, 15) is 79.4 Å². The van der Waals surface area contributed by atoms with Crippen molar-refractivity contribution in [1.82, 2.24) is 0 Å². The molecule has 4 nitrogen and oxygen atoms in total. The van der Waals surface area contributed by atoms with Crippen LogP contribution in [0.5, 0.6) is 0 Å². The van der Waals surface area contributed by atoms with E-state index < -0.39 is 61.0 Å². The van der Waals surface area contributed by atoms with Crippen molar-refractivity contribution in [2.45, 2.75) is 48.4 Å². The van der Waals surface area contributed by atoms with Gasteiger partial charge in [-0.1, -0.05) is 6.58 Å². The zero-order valence-corrected chi connectivity index (χ0v) is 14.5. The number of halogens is 17. The molecule has 0 aliphatic rings. The number of esters is 1. The van der Waals surface area contributed by atoms with Crippen molar-refractivity contribution in [3.63, 3.8) is 0 Å². The van der Waals surface area contributed by atoms with Crippen molar-refractivity contribution in [3.05, 3.63) is 12.7 Å². The lowest BCUT2D eigenvalue weighted by atomic mass is 10.0. The Balaban J connectivity index is 6.00. The molecule has 0 aromatic heterocycles. The summed E-state index contributed by atoms with van der Waals surface area (Å²) in [5.74, 6) is -26.5. The quantitative estimate of drug-likeness (QED) is 0.196. The molecular weight excluding hydrogens is 531 g/mol. The minimum Gasteiger partial charge on any atom is -0.453 e. The molecule has 0 radical (unpaired) electrons. The topological polar surface area (TPSA) is 44.8 Å². The molecule has 33 heavy (non-hydrogen) atoms. The Morgan fingerprint density at radius 1 is 0.606 bits per heavy atom. The van der Waals surface area contributed by atoms with Gasteiger partial charge in [0.25, 0.3) is 0 Å². The first-order valence-corrected chi connectivity index (χ1v) is 7.03. The van der Waals surface area contributed by atoms with Crippen LogP contribution < -0.4 is 0 Å². The van der Waals surface area contributed by atoms with Crippen LogP contribution in [0, 0.1) is 0 Å². The van der Waals surface area contributed by atoms with Crippen LogP contribution >= 0.6 is 0 Å². The number of hydrogen-bond acceptors (Lipinski definition) is 4. The molecular formula is C12H5F17O4. The molecule has 0 rings (SSSR count). The van der Waals surface area contributed by atoms with Gasteiger partial charge >= 0.3 is 54.3 Å². The molecule has 0 bridgehead atoms. The van der Waals surface area contributed by atoms with Gasteiger partial charge in [-0.2, -0.15) is 74.6 Å². The molecule has 196 valence electrons. The number of rotatable bonds is 11. The summed E-state index contributed by atoms with van der Waals surface area (Å²) in [6.07, 6.45) is -36.1. The summed E-state index contributed by atoms with van der Waals surface area (Å²) in [4.78, 5) is 10.5. The number of ether oxygens (including phenoxy) is 3. The largest absolute Gasteiger partial charge is 0.460 e. The molecule has 0 aromatic rings. The van der Waals surface area contributed by atoms with Gasteiger partial charge in [0.2, 0.25) is 0 Å². The molecule has 0 aliphatic carbocycles. The van der Waals surface area contributed by atoms with E-state index in [-0.39, 0.29) is 6.08 Å². The van der Waals surface area contributed by atoms with Crippen LogP contribution in [0.2, 0.25) is 0 Å². The molecule has 0 saturated carbocycles. The molecule has 0 aliphatic heterocycles. The van der Waals surface area contributed by atoms with E-state index in [1.807, 2.05) is 4.74 Å². The zero-order valence-electron chi connectivity index (χ0n) is 14.5. The summed E-state index contributed by atoms with van der Waals surface area (Å²) >= 11 is 0. The highest BCUT2D eigenvalue weighted by molar-refractivity contribution is 5.81. The Kier molecular flexibility index (Phi) is 8.08. The summed E-state index contributed by atoms with van der Waals surface area (Å²) in [5.41, 5.74) is 0. The minimum absolute atomic E-state index is 0.103. The van der Waals surface area contributed by atoms with Crippen LogP contribution in [0.25, 0.3) is 0 Å². The Morgan fingerprint density at radius 2 is 1.00 bits per heavy atom. The van der Waals surface area contributed by atoms with Crippen LogP contribution in [-0.2, 0) is 19.0 Å². The minimum atomic E-state index is -8.32. The normalized spacial score (nSPS) is 15.4. The summed E-state index contributed by atoms with van der Waals surface area (Å²) in [6, 6.07) is 0. The molecule has 0 unspecified atom stereocenters. The maximum absolute atomic E-state index is 13.1. The smallest absolute Gasteiger partial charge is 0.453 e. The number of carbonyl (C=O) groups is 1. The lowest BCUT2D eigenvalue weighted by Gasteiger charge is -2.38. The molecule has 0 atom stereocenters. The average Bonchev–Trinajstić information content (AvgIpc) is 2.56. The van der Waals surface area contributed by atoms with Gasteiger partial charge in [-0.05, 0) is 0 Å². The standard InChI is InChI=1S/C12H5F17O4/c1-2-4(30)31-3-5(13,14)32-11(26,27)12(28,29)33-10(24,25)8(19,20)6(15,16)7(17,18)9(21,22)23/h2H,1,3H2. The van der Waals surface area contributed by atoms with Crippen molar-refractivity contribution in [2.24, 2.45) is 0 Å². The molecule has 0 saturated heterocycles. The second-order valence-corrected chi connectivity index (χ2v) is 5.42. The van der Waals surface area contributed by atoms with Crippen LogP contribution in [0.15, 0.2) is 12.7 Å². The van der Waals surface area contributed by atoms with E-state index >= 15 is 0 Å². The van der Waals surface area contributed by atoms with Gasteiger partial charge in [0, 0.05) is 6.08 Å². The zero-order chi connectivity index (χ0) is 27.1. The molecule has 21 heteroatoms. The molecule has 0 amide bonds. The highest BCUT2D eigenvalue weighted by atomic mass is 19.4. The van der Waals surface area contributed by atoms with Crippen molar-refractivity contribution < 1.29 is 93.6 Å². The highest BCUT2D eigenvalue weighted by Crippen LogP contribution is 2.59. The number of alkyl halides is 17. The van der Waals surface area contributed by atoms with E-state index in [4.69, 9.17) is 0 Å². The van der Waals surface area contributed by atoms with Gasteiger partial charge in [0.15, 0.2) is 6.61 Å². The second-order valence-electron chi connectivity index (χ2n) is 5.42. The van der Waals surface area contributed by atoms with Crippen molar-refractivity contribution in [2.75, 3.05) is 6.61 Å². The van der Waals surface area contributed by atoms with E-state index in [2.05, 4.69) is 11.3 Å². The average molecular weight is 536 g/mol. The van der Waals surface area contributed by atoms with E-state index in [1.54, 1.807) is 0 Å². The second kappa shape index (κ2) is 8.62. The molecule has 0 heterocycles. The van der Waals surface area contributed by atoms with E-state index in [1.165, 1.54) is 4.74 Å². The number of hydrogen-bond donors (Lipinski definition) is 0. The third-order valence-corrected chi connectivity index (χ3v) is 2.93. The molecule has 0 aromatic carbocycles. The monoisotopic (exact) mass is 536 g/mol. The fourth-order valence-electron chi connectivity index (χ4n) is 1.33. The summed E-state index contributed by atoms with van der Waals surface area (Å²) < 4.78 is 224. The lowest BCUT2D eigenvalue weighted by molar-refractivity contribution is -0.543. The fraction of sp³-hybridized carbons (Fsp3) is 0.750. The van der Waals surface area contributed by atoms with Gasteiger partial charge in [-0.3, -0.25) is 0 Å². The van der Waals surface area contributed by atoms with Crippen molar-refractivity contribution >= 4 is 5.97 Å². The first-order valence-electron chi connectivity index (χ1n) is 7.03. The summed E-state index contributed by atoms with van der Waals surface area (Å²) in [5, 5.41) is 0. The van der Waals surface area contributed by atoms with Gasteiger partial charge in [0.05, 0.1) is 0 Å². The predicted molar refractivity (Wildman–Crippen MR) is 64.0 cm³/mol. The molecule has 0 fully saturated rings. The van der Waals surface area contributed by atoms with Gasteiger partial charge in [-0.25, -0.2) is 14.3 Å². The summed E-state index contributed by atoms with van der Waals surface area (Å²) in [7, 11) is 0. The maximum atomic E-state index is 13.1. The maximum Gasteiger partial charge on any atom is 0.460 e.